The second kappa shape index (κ2) is 8.36. The number of hydrogen-bond donors (Lipinski definition) is 0. The predicted octanol–water partition coefficient (Wildman–Crippen LogP) is 6.05. The van der Waals surface area contributed by atoms with E-state index in [2.05, 4.69) is 77.7 Å². The molecule has 3 nitrogen and oxygen atoms in total. The average molecular weight is 388 g/mol. The summed E-state index contributed by atoms with van der Waals surface area (Å²) in [6.07, 6.45) is 1.83. The van der Waals surface area contributed by atoms with Crippen LogP contribution in [0.2, 0.25) is 0 Å². The van der Waals surface area contributed by atoms with Crippen molar-refractivity contribution >= 4 is 5.84 Å². The van der Waals surface area contributed by atoms with E-state index >= 15 is 0 Å². The lowest BCUT2D eigenvalue weighted by atomic mass is 9.94. The highest BCUT2D eigenvalue weighted by atomic mass is 15.1. The summed E-state index contributed by atoms with van der Waals surface area (Å²) < 4.78 is 0. The van der Waals surface area contributed by atoms with Gasteiger partial charge in [0.2, 0.25) is 0 Å². The molecule has 152 valence electrons. The van der Waals surface area contributed by atoms with E-state index in [1.807, 2.05) is 24.4 Å². The third-order valence-electron chi connectivity index (χ3n) is 5.91. The van der Waals surface area contributed by atoms with Gasteiger partial charge in [-0.3, -0.25) is 9.98 Å². The molecule has 0 aromatic carbocycles. The maximum Gasteiger partial charge on any atom is 0.131 e. The van der Waals surface area contributed by atoms with Crippen LogP contribution >= 0.6 is 0 Å². The number of aliphatic imine (C=N–C) groups is 1. The van der Waals surface area contributed by atoms with Crippen LogP contribution in [0.15, 0.2) is 41.5 Å². The van der Waals surface area contributed by atoms with Gasteiger partial charge in [-0.05, 0) is 84.7 Å². The van der Waals surface area contributed by atoms with Crippen LogP contribution in [0.25, 0.3) is 11.1 Å². The second-order valence-corrected chi connectivity index (χ2v) is 8.48. The first-order chi connectivity index (χ1) is 13.7. The summed E-state index contributed by atoms with van der Waals surface area (Å²) in [6.45, 7) is 14.1. The van der Waals surface area contributed by atoms with Crippen LogP contribution in [0.5, 0.6) is 0 Å². The third-order valence-corrected chi connectivity index (χ3v) is 5.91. The average Bonchev–Trinajstić information content (AvgIpc) is 2.85. The number of hydrogen-bond acceptors (Lipinski definition) is 2. The normalized spacial score (nSPS) is 12.1. The van der Waals surface area contributed by atoms with E-state index in [1.54, 1.807) is 0 Å². The van der Waals surface area contributed by atoms with Gasteiger partial charge in [0.1, 0.15) is 5.84 Å². The molecule has 0 fully saturated rings. The molecule has 3 rings (SSSR count). The van der Waals surface area contributed by atoms with Crippen LogP contribution in [0.1, 0.15) is 58.8 Å². The van der Waals surface area contributed by atoms with Gasteiger partial charge in [0.05, 0.1) is 12.2 Å². The number of pyridine rings is 1. The summed E-state index contributed by atoms with van der Waals surface area (Å²) in [7, 11) is 4.16. The lowest BCUT2D eigenvalue weighted by molar-refractivity contribution is 0.618. The van der Waals surface area contributed by atoms with E-state index in [0.717, 1.165) is 11.5 Å². The summed E-state index contributed by atoms with van der Waals surface area (Å²) in [5, 5.41) is 0. The summed E-state index contributed by atoms with van der Waals surface area (Å²) in [5.41, 5.74) is 11.7. The largest absolute Gasteiger partial charge is 0.363 e. The van der Waals surface area contributed by atoms with Crippen molar-refractivity contribution in [1.82, 2.24) is 9.88 Å². The molecule has 0 N–H and O–H groups in total. The SMILES string of the molecule is Cc1ccc(C(C)C)c(C)c2c(C)c(C)c(C(=NCc3ccccn3)N(C)C)c1-2. The predicted molar refractivity (Wildman–Crippen MR) is 124 cm³/mol. The summed E-state index contributed by atoms with van der Waals surface area (Å²) in [6, 6.07) is 10.6. The van der Waals surface area contributed by atoms with Crippen LogP contribution in [-0.2, 0) is 6.54 Å². The molecular weight excluding hydrogens is 354 g/mol. The highest BCUT2D eigenvalue weighted by molar-refractivity contribution is 6.09. The Hall–Kier alpha value is -2.68. The van der Waals surface area contributed by atoms with Crippen molar-refractivity contribution in [3.05, 3.63) is 75.6 Å². The zero-order valence-electron chi connectivity index (χ0n) is 19.1. The van der Waals surface area contributed by atoms with E-state index < -0.39 is 0 Å². The van der Waals surface area contributed by atoms with Crippen molar-refractivity contribution in [3.63, 3.8) is 0 Å². The van der Waals surface area contributed by atoms with Crippen molar-refractivity contribution in [2.24, 2.45) is 4.99 Å². The molecule has 0 atom stereocenters. The van der Waals surface area contributed by atoms with Crippen molar-refractivity contribution < 1.29 is 0 Å². The zero-order chi connectivity index (χ0) is 21.3. The Morgan fingerprint density at radius 2 is 1.66 bits per heavy atom. The van der Waals surface area contributed by atoms with Gasteiger partial charge in [0.15, 0.2) is 0 Å². The maximum atomic E-state index is 5.02. The zero-order valence-corrected chi connectivity index (χ0v) is 19.1. The van der Waals surface area contributed by atoms with Crippen LogP contribution in [-0.4, -0.2) is 29.8 Å². The van der Waals surface area contributed by atoms with E-state index in [0.29, 0.717) is 12.5 Å². The fraction of sp³-hybridized carbons (Fsp3) is 0.385. The Morgan fingerprint density at radius 3 is 2.24 bits per heavy atom. The van der Waals surface area contributed by atoms with Crippen molar-refractivity contribution in [1.29, 1.82) is 0 Å². The number of aromatic nitrogens is 1. The van der Waals surface area contributed by atoms with E-state index in [4.69, 9.17) is 4.99 Å². The molecule has 0 amide bonds. The molecule has 0 radical (unpaired) electrons. The minimum absolute atomic E-state index is 0.495. The van der Waals surface area contributed by atoms with Crippen LogP contribution in [0, 0.1) is 27.7 Å². The highest BCUT2D eigenvalue weighted by Gasteiger charge is 2.26. The van der Waals surface area contributed by atoms with Crippen molar-refractivity contribution in [2.75, 3.05) is 14.1 Å². The fourth-order valence-corrected chi connectivity index (χ4v) is 4.30. The lowest BCUT2D eigenvalue weighted by Crippen LogP contribution is -2.24. The summed E-state index contributed by atoms with van der Waals surface area (Å²) >= 11 is 0. The molecule has 2 aliphatic carbocycles. The van der Waals surface area contributed by atoms with E-state index in [1.165, 1.54) is 44.5 Å². The third kappa shape index (κ3) is 3.91. The molecule has 0 spiro atoms. The van der Waals surface area contributed by atoms with E-state index in [-0.39, 0.29) is 0 Å². The minimum atomic E-state index is 0.495. The Labute approximate surface area is 175 Å². The molecule has 29 heavy (non-hydrogen) atoms. The van der Waals surface area contributed by atoms with Gasteiger partial charge in [0, 0.05) is 25.9 Å². The number of aryl methyl sites for hydroxylation is 1. The van der Waals surface area contributed by atoms with E-state index in [9.17, 15) is 0 Å². The number of rotatable bonds is 4. The highest BCUT2D eigenvalue weighted by Crippen LogP contribution is 2.42. The molecule has 0 saturated carbocycles. The Bertz CT molecular complexity index is 1010. The number of fused-ring (bicyclic) bond motifs is 1. The van der Waals surface area contributed by atoms with Gasteiger partial charge >= 0.3 is 0 Å². The fourth-order valence-electron chi connectivity index (χ4n) is 4.30. The Morgan fingerprint density at radius 1 is 0.931 bits per heavy atom. The van der Waals surface area contributed by atoms with Crippen LogP contribution in [0.4, 0.5) is 0 Å². The van der Waals surface area contributed by atoms with Gasteiger partial charge in [-0.15, -0.1) is 0 Å². The monoisotopic (exact) mass is 387 g/mol. The molecule has 3 heteroatoms. The van der Waals surface area contributed by atoms with Gasteiger partial charge in [-0.25, -0.2) is 0 Å². The topological polar surface area (TPSA) is 28.5 Å². The molecule has 0 saturated heterocycles. The molecule has 2 aliphatic rings. The molecule has 1 heterocycles. The number of nitrogens with zero attached hydrogens (tertiary/aromatic N) is 3. The molecule has 1 aromatic rings. The van der Waals surface area contributed by atoms with Gasteiger partial charge in [-0.1, -0.05) is 32.0 Å². The quantitative estimate of drug-likeness (QED) is 0.402. The van der Waals surface area contributed by atoms with Crippen molar-refractivity contribution in [3.8, 4) is 11.1 Å². The standard InChI is InChI=1S/C26H33N3/c1-16(2)22-13-12-17(3)23-24(20(22)6)18(4)19(5)25(23)26(29(7)8)28-15-21-11-9-10-14-27-21/h9-14,16H,15H2,1-8H3. The Balaban J connectivity index is 2.26. The van der Waals surface area contributed by atoms with Crippen LogP contribution < -0.4 is 0 Å². The molecule has 0 bridgehead atoms. The Kier molecular flexibility index (Phi) is 6.07. The van der Waals surface area contributed by atoms with Crippen LogP contribution in [0.3, 0.4) is 0 Å². The second-order valence-electron chi connectivity index (χ2n) is 8.48. The maximum absolute atomic E-state index is 5.02. The smallest absolute Gasteiger partial charge is 0.131 e. The molecule has 1 aromatic heterocycles. The first-order valence-electron chi connectivity index (χ1n) is 10.4. The summed E-state index contributed by atoms with van der Waals surface area (Å²) in [4.78, 5) is 11.6. The molecule has 0 unspecified atom stereocenters. The van der Waals surface area contributed by atoms with Gasteiger partial charge < -0.3 is 4.90 Å². The number of amidine groups is 1. The van der Waals surface area contributed by atoms with Crippen molar-refractivity contribution in [2.45, 2.75) is 54.0 Å². The molecular formula is C26H33N3. The van der Waals surface area contributed by atoms with Gasteiger partial charge in [-0.2, -0.15) is 0 Å². The van der Waals surface area contributed by atoms with Gasteiger partial charge in [0.25, 0.3) is 0 Å². The minimum Gasteiger partial charge on any atom is -0.363 e. The summed E-state index contributed by atoms with van der Waals surface area (Å²) in [5.74, 6) is 1.51. The molecule has 0 aliphatic heterocycles. The first kappa shape index (κ1) is 21.0. The first-order valence-corrected chi connectivity index (χ1v) is 10.4. The lowest BCUT2D eigenvalue weighted by Gasteiger charge is -2.19.